The summed E-state index contributed by atoms with van der Waals surface area (Å²) < 4.78 is 62.6. The molecule has 0 spiro atoms. The van der Waals surface area contributed by atoms with Gasteiger partial charge in [0, 0.05) is 31.9 Å². The number of alkyl halides is 3. The first-order chi connectivity index (χ1) is 13.5. The fraction of sp³-hybridized carbons (Fsp3) is 0.368. The Morgan fingerprint density at radius 1 is 1.17 bits per heavy atom. The molecule has 0 aromatic heterocycles. The van der Waals surface area contributed by atoms with E-state index in [1.807, 2.05) is 23.1 Å². The number of hydrogen-bond donors (Lipinski definition) is 3. The predicted molar refractivity (Wildman–Crippen MR) is 103 cm³/mol. The van der Waals surface area contributed by atoms with Crippen molar-refractivity contribution in [1.82, 2.24) is 4.90 Å². The maximum Gasteiger partial charge on any atom is 0.418 e. The van der Waals surface area contributed by atoms with Gasteiger partial charge in [-0.05, 0) is 35.7 Å². The molecule has 0 fully saturated rings. The number of sulfonamides is 1. The van der Waals surface area contributed by atoms with Crippen molar-refractivity contribution in [3.63, 3.8) is 0 Å². The highest BCUT2D eigenvalue weighted by Crippen LogP contribution is 2.36. The quantitative estimate of drug-likeness (QED) is 0.654. The Hall–Kier alpha value is -2.14. The minimum atomic E-state index is -4.77. The van der Waals surface area contributed by atoms with Crippen LogP contribution in [0.3, 0.4) is 0 Å². The molecule has 1 aliphatic heterocycles. The molecule has 0 saturated carbocycles. The van der Waals surface area contributed by atoms with Gasteiger partial charge in [-0.1, -0.05) is 24.3 Å². The third-order valence-corrected chi connectivity index (χ3v) is 5.74. The van der Waals surface area contributed by atoms with E-state index in [1.165, 1.54) is 11.1 Å². The van der Waals surface area contributed by atoms with Crippen molar-refractivity contribution in [1.29, 1.82) is 0 Å². The Labute approximate surface area is 167 Å². The summed E-state index contributed by atoms with van der Waals surface area (Å²) in [6.07, 6.45) is -4.83. The second-order valence-corrected chi connectivity index (χ2v) is 8.60. The van der Waals surface area contributed by atoms with Crippen LogP contribution < -0.4 is 10.5 Å². The van der Waals surface area contributed by atoms with Crippen molar-refractivity contribution in [3.8, 4) is 0 Å². The van der Waals surface area contributed by atoms with Crippen molar-refractivity contribution in [3.05, 3.63) is 59.2 Å². The summed E-state index contributed by atoms with van der Waals surface area (Å²) in [5, 5.41) is 17.8. The van der Waals surface area contributed by atoms with Crippen LogP contribution in [0, 0.1) is 0 Å². The molecule has 1 aliphatic rings. The van der Waals surface area contributed by atoms with Gasteiger partial charge in [0.2, 0.25) is 10.0 Å². The number of benzene rings is 2. The number of hydrogen-bond acceptors (Lipinski definition) is 5. The van der Waals surface area contributed by atoms with Crippen LogP contribution in [0.25, 0.3) is 0 Å². The molecule has 158 valence electrons. The molecule has 2 aromatic carbocycles. The van der Waals surface area contributed by atoms with E-state index in [9.17, 15) is 26.7 Å². The first kappa shape index (κ1) is 21.6. The lowest BCUT2D eigenvalue weighted by molar-refractivity contribution is -0.137. The molecule has 0 saturated heterocycles. The lowest BCUT2D eigenvalue weighted by Crippen LogP contribution is -2.39. The van der Waals surface area contributed by atoms with Gasteiger partial charge < -0.3 is 10.4 Å². The summed E-state index contributed by atoms with van der Waals surface area (Å²) in [5.41, 5.74) is 0.981. The van der Waals surface area contributed by atoms with Gasteiger partial charge in [-0.25, -0.2) is 13.6 Å². The normalized spacial score (nSPS) is 16.3. The van der Waals surface area contributed by atoms with Gasteiger partial charge in [0.05, 0.1) is 16.6 Å². The number of halogens is 3. The Kier molecular flexibility index (Phi) is 6.18. The van der Waals surface area contributed by atoms with Crippen LogP contribution in [0.1, 0.15) is 16.7 Å². The summed E-state index contributed by atoms with van der Waals surface area (Å²) in [5.74, 6) is 0. The fourth-order valence-electron chi connectivity index (χ4n) is 3.39. The van der Waals surface area contributed by atoms with Gasteiger partial charge in [-0.3, -0.25) is 4.90 Å². The van der Waals surface area contributed by atoms with E-state index in [0.29, 0.717) is 19.2 Å². The number of anilines is 1. The fourth-order valence-corrected chi connectivity index (χ4v) is 3.93. The molecule has 2 aromatic rings. The lowest BCUT2D eigenvalue weighted by atomic mass is 10.00. The number of aliphatic hydroxyl groups excluding tert-OH is 1. The molecule has 1 atom stereocenters. The molecular weight excluding hydrogens is 407 g/mol. The highest BCUT2D eigenvalue weighted by Gasteiger charge is 2.34. The van der Waals surface area contributed by atoms with E-state index >= 15 is 0 Å². The van der Waals surface area contributed by atoms with Crippen molar-refractivity contribution < 1.29 is 26.7 Å². The number of nitrogens with one attached hydrogen (secondary N) is 1. The molecule has 1 unspecified atom stereocenters. The van der Waals surface area contributed by atoms with Crippen molar-refractivity contribution in [2.75, 3.05) is 25.0 Å². The Bertz CT molecular complexity index is 980. The van der Waals surface area contributed by atoms with Crippen molar-refractivity contribution in [2.24, 2.45) is 5.14 Å². The average molecular weight is 429 g/mol. The number of nitrogens with zero attached hydrogens (tertiary/aromatic N) is 1. The maximum atomic E-state index is 13.3. The van der Waals surface area contributed by atoms with E-state index in [-0.39, 0.29) is 12.2 Å². The third-order valence-electron chi connectivity index (χ3n) is 4.83. The van der Waals surface area contributed by atoms with Crippen molar-refractivity contribution >= 4 is 15.7 Å². The van der Waals surface area contributed by atoms with Gasteiger partial charge >= 0.3 is 6.18 Å². The topological polar surface area (TPSA) is 95.7 Å². The number of primary sulfonamides is 1. The summed E-state index contributed by atoms with van der Waals surface area (Å²) in [6, 6.07) is 10.5. The molecule has 10 heteroatoms. The summed E-state index contributed by atoms with van der Waals surface area (Å²) in [7, 11) is -4.26. The SMILES string of the molecule is NS(=O)(=O)c1ccc(NCC(O)CN2CCc3ccccc3C2)c(C(F)(F)F)c1. The van der Waals surface area contributed by atoms with Gasteiger partial charge in [0.15, 0.2) is 0 Å². The first-order valence-electron chi connectivity index (χ1n) is 8.99. The second kappa shape index (κ2) is 8.31. The largest absolute Gasteiger partial charge is 0.418 e. The van der Waals surface area contributed by atoms with Crippen LogP contribution in [0.5, 0.6) is 0 Å². The van der Waals surface area contributed by atoms with E-state index in [0.717, 1.165) is 25.1 Å². The van der Waals surface area contributed by atoms with E-state index in [1.54, 1.807) is 0 Å². The van der Waals surface area contributed by atoms with Gasteiger partial charge in [-0.15, -0.1) is 0 Å². The van der Waals surface area contributed by atoms with Crippen LogP contribution in [0.15, 0.2) is 47.4 Å². The van der Waals surface area contributed by atoms with Gasteiger partial charge in [0.25, 0.3) is 0 Å². The van der Waals surface area contributed by atoms with E-state index in [2.05, 4.69) is 11.4 Å². The van der Waals surface area contributed by atoms with E-state index in [4.69, 9.17) is 5.14 Å². The molecule has 0 bridgehead atoms. The third kappa shape index (κ3) is 5.47. The van der Waals surface area contributed by atoms with Crippen LogP contribution >= 0.6 is 0 Å². The molecule has 0 aliphatic carbocycles. The highest BCUT2D eigenvalue weighted by atomic mass is 32.2. The number of β-amino-alcohol motifs (C(OH)–C–C–N with tert-alkyl or cyclic N) is 1. The zero-order valence-electron chi connectivity index (χ0n) is 15.5. The molecule has 3 rings (SSSR count). The number of rotatable bonds is 6. The lowest BCUT2D eigenvalue weighted by Gasteiger charge is -2.30. The number of fused-ring (bicyclic) bond motifs is 1. The molecule has 0 radical (unpaired) electrons. The smallest absolute Gasteiger partial charge is 0.390 e. The van der Waals surface area contributed by atoms with Crippen molar-refractivity contribution in [2.45, 2.75) is 30.1 Å². The number of nitrogens with two attached hydrogens (primary N) is 1. The molecule has 4 N–H and O–H groups in total. The first-order valence-corrected chi connectivity index (χ1v) is 10.5. The van der Waals surface area contributed by atoms with Crippen LogP contribution in [-0.4, -0.2) is 44.2 Å². The molecule has 1 heterocycles. The second-order valence-electron chi connectivity index (χ2n) is 7.04. The summed E-state index contributed by atoms with van der Waals surface area (Å²) in [6.45, 7) is 1.61. The number of aliphatic hydroxyl groups is 1. The Morgan fingerprint density at radius 3 is 2.52 bits per heavy atom. The van der Waals surface area contributed by atoms with Gasteiger partial charge in [0.1, 0.15) is 0 Å². The van der Waals surface area contributed by atoms with Crippen LogP contribution in [-0.2, 0) is 29.2 Å². The maximum absolute atomic E-state index is 13.3. The summed E-state index contributed by atoms with van der Waals surface area (Å²) in [4.78, 5) is 1.42. The molecule has 6 nitrogen and oxygen atoms in total. The Morgan fingerprint density at radius 2 is 1.86 bits per heavy atom. The van der Waals surface area contributed by atoms with E-state index < -0.39 is 32.8 Å². The zero-order chi connectivity index (χ0) is 21.2. The van der Waals surface area contributed by atoms with Crippen LogP contribution in [0.2, 0.25) is 0 Å². The molecule has 29 heavy (non-hydrogen) atoms. The predicted octanol–water partition coefficient (Wildman–Crippen LogP) is 2.18. The average Bonchev–Trinajstić information content (AvgIpc) is 2.64. The monoisotopic (exact) mass is 429 g/mol. The summed E-state index contributed by atoms with van der Waals surface area (Å²) >= 11 is 0. The molecule has 0 amide bonds. The molecular formula is C19H22F3N3O3S. The minimum absolute atomic E-state index is 0.115. The standard InChI is InChI=1S/C19H22F3N3O3S/c20-19(21,22)17-9-16(29(23,27)28)5-6-18(17)24-10-15(26)12-25-8-7-13-3-1-2-4-14(13)11-25/h1-6,9,15,24,26H,7-8,10-12H2,(H2,23,27,28). The van der Waals surface area contributed by atoms with Crippen LogP contribution in [0.4, 0.5) is 18.9 Å². The zero-order valence-corrected chi connectivity index (χ0v) is 16.3. The minimum Gasteiger partial charge on any atom is -0.390 e. The van der Waals surface area contributed by atoms with Gasteiger partial charge in [-0.2, -0.15) is 13.2 Å². The highest BCUT2D eigenvalue weighted by molar-refractivity contribution is 7.89. The Balaban J connectivity index is 1.65.